The monoisotopic (exact) mass is 275 g/mol. The molecule has 1 aromatic heterocycles. The molecule has 0 amide bonds. The van der Waals surface area contributed by atoms with Gasteiger partial charge in [-0.05, 0) is 6.92 Å². The van der Waals surface area contributed by atoms with Crippen LogP contribution < -0.4 is 4.90 Å². The summed E-state index contributed by atoms with van der Waals surface area (Å²) >= 11 is 5.86. The van der Waals surface area contributed by atoms with Crippen LogP contribution in [0, 0.1) is 0 Å². The standard InChI is InChI=1S/C11H18ClN3O3/c1-8(12)9-13-14-10(18-9)15(2)7-11(16)3-5-17-6-4-11/h8,16H,3-7H2,1-2H3. The van der Waals surface area contributed by atoms with E-state index in [1.807, 2.05) is 7.05 Å². The zero-order valence-corrected chi connectivity index (χ0v) is 11.4. The van der Waals surface area contributed by atoms with Gasteiger partial charge in [-0.15, -0.1) is 16.7 Å². The van der Waals surface area contributed by atoms with Gasteiger partial charge in [-0.25, -0.2) is 0 Å². The fraction of sp³-hybridized carbons (Fsp3) is 0.818. The first-order valence-corrected chi connectivity index (χ1v) is 6.42. The Kier molecular flexibility index (Phi) is 4.09. The number of aromatic nitrogens is 2. The highest BCUT2D eigenvalue weighted by Gasteiger charge is 2.32. The molecule has 0 saturated carbocycles. The molecule has 0 radical (unpaired) electrons. The van der Waals surface area contributed by atoms with Gasteiger partial charge >= 0.3 is 6.01 Å². The number of hydrogen-bond acceptors (Lipinski definition) is 6. The van der Waals surface area contributed by atoms with E-state index in [4.69, 9.17) is 20.8 Å². The molecular weight excluding hydrogens is 258 g/mol. The van der Waals surface area contributed by atoms with E-state index in [-0.39, 0.29) is 5.38 Å². The van der Waals surface area contributed by atoms with Crippen molar-refractivity contribution in [1.82, 2.24) is 10.2 Å². The number of likely N-dealkylation sites (N-methyl/N-ethyl adjacent to an activating group) is 1. The highest BCUT2D eigenvalue weighted by Crippen LogP contribution is 2.25. The molecule has 1 aliphatic heterocycles. The minimum Gasteiger partial charge on any atom is -0.406 e. The van der Waals surface area contributed by atoms with Crippen LogP contribution in [0.2, 0.25) is 0 Å². The lowest BCUT2D eigenvalue weighted by Crippen LogP contribution is -2.45. The van der Waals surface area contributed by atoms with Crippen LogP contribution in [0.15, 0.2) is 4.42 Å². The quantitative estimate of drug-likeness (QED) is 0.837. The Hall–Kier alpha value is -0.850. The lowest BCUT2D eigenvalue weighted by molar-refractivity contribution is -0.0576. The summed E-state index contributed by atoms with van der Waals surface area (Å²) in [4.78, 5) is 1.75. The van der Waals surface area contributed by atoms with E-state index >= 15 is 0 Å². The van der Waals surface area contributed by atoms with E-state index in [9.17, 15) is 5.11 Å². The molecule has 102 valence electrons. The Bertz CT molecular complexity index is 391. The Morgan fingerprint density at radius 2 is 2.11 bits per heavy atom. The van der Waals surface area contributed by atoms with Gasteiger partial charge in [-0.3, -0.25) is 0 Å². The molecule has 1 fully saturated rings. The molecule has 2 heterocycles. The molecule has 6 nitrogen and oxygen atoms in total. The fourth-order valence-corrected chi connectivity index (χ4v) is 2.05. The van der Waals surface area contributed by atoms with Gasteiger partial charge in [-0.2, -0.15) is 0 Å². The van der Waals surface area contributed by atoms with E-state index in [0.717, 1.165) is 0 Å². The Balaban J connectivity index is 1.99. The van der Waals surface area contributed by atoms with Crippen molar-refractivity contribution in [2.24, 2.45) is 0 Å². The highest BCUT2D eigenvalue weighted by molar-refractivity contribution is 6.20. The first-order chi connectivity index (χ1) is 8.50. The first kappa shape index (κ1) is 13.6. The zero-order chi connectivity index (χ0) is 13.2. The van der Waals surface area contributed by atoms with Gasteiger partial charge in [0.2, 0.25) is 5.89 Å². The third-order valence-corrected chi connectivity index (χ3v) is 3.24. The topological polar surface area (TPSA) is 71.6 Å². The molecule has 1 saturated heterocycles. The van der Waals surface area contributed by atoms with E-state index in [1.165, 1.54) is 0 Å². The summed E-state index contributed by atoms with van der Waals surface area (Å²) in [5, 5.41) is 17.8. The van der Waals surface area contributed by atoms with E-state index in [2.05, 4.69) is 10.2 Å². The zero-order valence-electron chi connectivity index (χ0n) is 10.6. The molecule has 1 unspecified atom stereocenters. The second-order valence-corrected chi connectivity index (χ2v) is 5.39. The minimum atomic E-state index is -0.756. The number of rotatable bonds is 4. The summed E-state index contributed by atoms with van der Waals surface area (Å²) in [7, 11) is 1.81. The number of hydrogen-bond donors (Lipinski definition) is 1. The fourth-order valence-electron chi connectivity index (χ4n) is 1.96. The molecule has 7 heteroatoms. The minimum absolute atomic E-state index is 0.314. The number of halogens is 1. The van der Waals surface area contributed by atoms with E-state index in [0.29, 0.717) is 44.5 Å². The normalized spacial score (nSPS) is 20.7. The molecule has 0 bridgehead atoms. The Labute approximate surface area is 111 Å². The highest BCUT2D eigenvalue weighted by atomic mass is 35.5. The van der Waals surface area contributed by atoms with Gasteiger partial charge < -0.3 is 19.2 Å². The van der Waals surface area contributed by atoms with Crippen LogP contribution in [0.1, 0.15) is 31.0 Å². The van der Waals surface area contributed by atoms with Crippen LogP contribution >= 0.6 is 11.6 Å². The van der Waals surface area contributed by atoms with Gasteiger partial charge in [0, 0.05) is 33.1 Å². The van der Waals surface area contributed by atoms with Crippen molar-refractivity contribution < 1.29 is 14.3 Å². The number of nitrogens with zero attached hydrogens (tertiary/aromatic N) is 3. The number of anilines is 1. The molecule has 0 aliphatic carbocycles. The predicted molar refractivity (Wildman–Crippen MR) is 66.8 cm³/mol. The SMILES string of the molecule is CC(Cl)c1nnc(N(C)CC2(O)CCOCC2)o1. The van der Waals surface area contributed by atoms with Crippen molar-refractivity contribution >= 4 is 17.6 Å². The number of alkyl halides is 1. The van der Waals surface area contributed by atoms with Gasteiger partial charge in [0.15, 0.2) is 0 Å². The summed E-state index contributed by atoms with van der Waals surface area (Å²) < 4.78 is 10.7. The maximum absolute atomic E-state index is 10.4. The molecule has 0 aromatic carbocycles. The molecule has 1 N–H and O–H groups in total. The molecular formula is C11H18ClN3O3. The number of ether oxygens (including phenoxy) is 1. The van der Waals surface area contributed by atoms with Crippen molar-refractivity contribution in [3.05, 3.63) is 5.89 Å². The van der Waals surface area contributed by atoms with Crippen molar-refractivity contribution in [1.29, 1.82) is 0 Å². The van der Waals surface area contributed by atoms with Crippen LogP contribution in [-0.2, 0) is 4.74 Å². The van der Waals surface area contributed by atoms with Crippen LogP contribution in [0.4, 0.5) is 6.01 Å². The van der Waals surface area contributed by atoms with Crippen molar-refractivity contribution in [2.75, 3.05) is 31.7 Å². The molecule has 18 heavy (non-hydrogen) atoms. The smallest absolute Gasteiger partial charge is 0.318 e. The van der Waals surface area contributed by atoms with E-state index < -0.39 is 5.60 Å². The summed E-state index contributed by atoms with van der Waals surface area (Å²) in [5.41, 5.74) is -0.756. The van der Waals surface area contributed by atoms with E-state index in [1.54, 1.807) is 11.8 Å². The van der Waals surface area contributed by atoms with Crippen LogP contribution in [0.25, 0.3) is 0 Å². The Morgan fingerprint density at radius 1 is 1.44 bits per heavy atom. The van der Waals surface area contributed by atoms with Gasteiger partial charge in [0.05, 0.1) is 12.1 Å². The van der Waals surface area contributed by atoms with Gasteiger partial charge in [-0.1, -0.05) is 5.10 Å². The lowest BCUT2D eigenvalue weighted by Gasteiger charge is -2.34. The predicted octanol–water partition coefficient (Wildman–Crippen LogP) is 1.35. The second kappa shape index (κ2) is 5.42. The second-order valence-electron chi connectivity index (χ2n) is 4.73. The largest absolute Gasteiger partial charge is 0.406 e. The van der Waals surface area contributed by atoms with Crippen molar-refractivity contribution in [3.8, 4) is 0 Å². The lowest BCUT2D eigenvalue weighted by atomic mass is 9.94. The average molecular weight is 276 g/mol. The van der Waals surface area contributed by atoms with Crippen molar-refractivity contribution in [3.63, 3.8) is 0 Å². The van der Waals surface area contributed by atoms with Crippen LogP contribution in [-0.4, -0.2) is 47.7 Å². The Morgan fingerprint density at radius 3 is 2.67 bits per heavy atom. The summed E-state index contributed by atoms with van der Waals surface area (Å²) in [6.07, 6.45) is 1.23. The average Bonchev–Trinajstić information content (AvgIpc) is 2.78. The molecule has 2 rings (SSSR count). The van der Waals surface area contributed by atoms with Crippen molar-refractivity contribution in [2.45, 2.75) is 30.7 Å². The van der Waals surface area contributed by atoms with Crippen LogP contribution in [0.5, 0.6) is 0 Å². The summed E-state index contributed by atoms with van der Waals surface area (Å²) in [6, 6.07) is 0.373. The summed E-state index contributed by atoms with van der Waals surface area (Å²) in [5.74, 6) is 0.387. The first-order valence-electron chi connectivity index (χ1n) is 5.99. The maximum atomic E-state index is 10.4. The van der Waals surface area contributed by atoms with Crippen LogP contribution in [0.3, 0.4) is 0 Å². The third kappa shape index (κ3) is 3.13. The third-order valence-electron chi connectivity index (χ3n) is 3.05. The maximum Gasteiger partial charge on any atom is 0.318 e. The molecule has 1 aromatic rings. The van der Waals surface area contributed by atoms with Gasteiger partial charge in [0.25, 0.3) is 0 Å². The molecule has 1 atom stereocenters. The summed E-state index contributed by atoms with van der Waals surface area (Å²) in [6.45, 7) is 3.37. The molecule has 1 aliphatic rings. The molecule has 0 spiro atoms. The van der Waals surface area contributed by atoms with Gasteiger partial charge in [0.1, 0.15) is 5.38 Å². The number of aliphatic hydroxyl groups is 1.